The Balaban J connectivity index is 0.00000320. The van der Waals surface area contributed by atoms with Crippen molar-refractivity contribution < 1.29 is 13.5 Å². The molecule has 0 atom stereocenters. The predicted octanol–water partition coefficient (Wildman–Crippen LogP) is 4.73. The number of guanidine groups is 1. The number of hydrogen-bond acceptors (Lipinski definition) is 4. The van der Waals surface area contributed by atoms with Gasteiger partial charge in [-0.3, -0.25) is 0 Å². The minimum atomic E-state index is -2.48. The maximum absolute atomic E-state index is 12.3. The molecule has 0 aliphatic carbocycles. The highest BCUT2D eigenvalue weighted by Crippen LogP contribution is 2.24. The van der Waals surface area contributed by atoms with Gasteiger partial charge in [-0.1, -0.05) is 12.1 Å². The fourth-order valence-corrected chi connectivity index (χ4v) is 4.06. The molecule has 3 rings (SSSR count). The lowest BCUT2D eigenvalue weighted by atomic mass is 10.1. The third kappa shape index (κ3) is 7.90. The molecule has 1 aromatic heterocycles. The van der Waals surface area contributed by atoms with Crippen LogP contribution >= 0.6 is 35.3 Å². The maximum Gasteiger partial charge on any atom is 0.272 e. The number of hydrogen-bond donors (Lipinski definition) is 2. The standard InChI is InChI=1S/C21H28F2N4OS.HI/c1-2-24-21(25-14-16-5-3-6-18(13-16)28-15-19(22)23)26-17-8-10-27(11-9-17)20-7-4-12-29-20;/h3-7,12-13,17,19H,2,8-11,14-15H2,1H3,(H2,24,25,26);1H. The molecule has 30 heavy (non-hydrogen) atoms. The number of nitrogens with one attached hydrogen (secondary N) is 2. The molecular formula is C21H29F2IN4OS. The minimum absolute atomic E-state index is 0. The predicted molar refractivity (Wildman–Crippen MR) is 131 cm³/mol. The fraction of sp³-hybridized carbons (Fsp3) is 0.476. The van der Waals surface area contributed by atoms with E-state index >= 15 is 0 Å². The van der Waals surface area contributed by atoms with Crippen molar-refractivity contribution in [2.75, 3.05) is 31.1 Å². The normalized spacial score (nSPS) is 15.1. The first-order chi connectivity index (χ1) is 14.1. The molecule has 0 amide bonds. The third-order valence-corrected chi connectivity index (χ3v) is 5.62. The van der Waals surface area contributed by atoms with E-state index in [1.165, 1.54) is 5.00 Å². The Bertz CT molecular complexity index is 768. The summed E-state index contributed by atoms with van der Waals surface area (Å²) in [5.41, 5.74) is 0.918. The van der Waals surface area contributed by atoms with E-state index in [1.54, 1.807) is 29.5 Å². The second kappa shape index (κ2) is 12.9. The van der Waals surface area contributed by atoms with Gasteiger partial charge in [0.05, 0.1) is 11.5 Å². The number of nitrogens with zero attached hydrogens (tertiary/aromatic N) is 2. The van der Waals surface area contributed by atoms with Crippen LogP contribution in [0.3, 0.4) is 0 Å². The van der Waals surface area contributed by atoms with Crippen LogP contribution in [0, 0.1) is 0 Å². The number of alkyl halides is 2. The molecule has 166 valence electrons. The lowest BCUT2D eigenvalue weighted by molar-refractivity contribution is 0.0818. The van der Waals surface area contributed by atoms with Crippen LogP contribution in [0.5, 0.6) is 5.75 Å². The highest BCUT2D eigenvalue weighted by molar-refractivity contribution is 14.0. The summed E-state index contributed by atoms with van der Waals surface area (Å²) in [5.74, 6) is 1.22. The van der Waals surface area contributed by atoms with Crippen LogP contribution in [-0.2, 0) is 6.54 Å². The van der Waals surface area contributed by atoms with Crippen LogP contribution in [0.1, 0.15) is 25.3 Å². The van der Waals surface area contributed by atoms with E-state index in [0.29, 0.717) is 18.3 Å². The van der Waals surface area contributed by atoms with Crippen LogP contribution in [0.25, 0.3) is 0 Å². The molecule has 1 fully saturated rings. The third-order valence-electron chi connectivity index (χ3n) is 4.69. The van der Waals surface area contributed by atoms with Crippen molar-refractivity contribution in [3.63, 3.8) is 0 Å². The van der Waals surface area contributed by atoms with E-state index in [2.05, 4.69) is 38.0 Å². The van der Waals surface area contributed by atoms with Crippen LogP contribution in [0.2, 0.25) is 0 Å². The van der Waals surface area contributed by atoms with Gasteiger partial charge in [-0.05, 0) is 55.0 Å². The van der Waals surface area contributed by atoms with E-state index in [4.69, 9.17) is 4.74 Å². The number of rotatable bonds is 8. The van der Waals surface area contributed by atoms with Gasteiger partial charge in [-0.15, -0.1) is 35.3 Å². The minimum Gasteiger partial charge on any atom is -0.488 e. The van der Waals surface area contributed by atoms with Crippen molar-refractivity contribution >= 4 is 46.3 Å². The van der Waals surface area contributed by atoms with Gasteiger partial charge in [-0.2, -0.15) is 0 Å². The van der Waals surface area contributed by atoms with Crippen molar-refractivity contribution in [3.05, 3.63) is 47.3 Å². The van der Waals surface area contributed by atoms with Crippen molar-refractivity contribution in [1.82, 2.24) is 10.6 Å². The van der Waals surface area contributed by atoms with Gasteiger partial charge in [0.1, 0.15) is 12.4 Å². The number of ether oxygens (including phenoxy) is 1. The van der Waals surface area contributed by atoms with E-state index in [0.717, 1.165) is 44.0 Å². The first kappa shape index (κ1) is 24.6. The quantitative estimate of drug-likeness (QED) is 0.284. The number of benzene rings is 1. The van der Waals surface area contributed by atoms with E-state index in [9.17, 15) is 8.78 Å². The summed E-state index contributed by atoms with van der Waals surface area (Å²) in [5, 5.41) is 10.3. The van der Waals surface area contributed by atoms with Crippen LogP contribution in [-0.4, -0.2) is 44.7 Å². The Hall–Kier alpha value is -1.62. The average Bonchev–Trinajstić information content (AvgIpc) is 3.26. The van der Waals surface area contributed by atoms with Crippen LogP contribution in [0.15, 0.2) is 46.8 Å². The average molecular weight is 550 g/mol. The molecule has 1 aliphatic heterocycles. The molecule has 1 aromatic carbocycles. The molecule has 0 saturated carbocycles. The van der Waals surface area contributed by atoms with E-state index < -0.39 is 13.0 Å². The lowest BCUT2D eigenvalue weighted by Gasteiger charge is -2.33. The SMILES string of the molecule is CCNC(=NCc1cccc(OCC(F)F)c1)NC1CCN(c2cccs2)CC1.I. The number of thiophene rings is 1. The molecule has 9 heteroatoms. The molecule has 2 heterocycles. The maximum atomic E-state index is 12.3. The van der Waals surface area contributed by atoms with Crippen LogP contribution in [0.4, 0.5) is 13.8 Å². The van der Waals surface area contributed by atoms with Crippen LogP contribution < -0.4 is 20.3 Å². The second-order valence-electron chi connectivity index (χ2n) is 6.90. The van der Waals surface area contributed by atoms with Gasteiger partial charge in [0, 0.05) is 25.7 Å². The highest BCUT2D eigenvalue weighted by Gasteiger charge is 2.20. The molecule has 0 spiro atoms. The van der Waals surface area contributed by atoms with Crippen molar-refractivity contribution in [2.24, 2.45) is 4.99 Å². The van der Waals surface area contributed by atoms with Crippen molar-refractivity contribution in [1.29, 1.82) is 0 Å². The van der Waals surface area contributed by atoms with Gasteiger partial charge in [-0.25, -0.2) is 13.8 Å². The van der Waals surface area contributed by atoms with Gasteiger partial charge >= 0.3 is 0 Å². The molecule has 0 radical (unpaired) electrons. The molecule has 1 saturated heterocycles. The highest BCUT2D eigenvalue weighted by atomic mass is 127. The van der Waals surface area contributed by atoms with E-state index in [-0.39, 0.29) is 24.0 Å². The monoisotopic (exact) mass is 550 g/mol. The summed E-state index contributed by atoms with van der Waals surface area (Å²) in [6.45, 7) is 4.73. The Morgan fingerprint density at radius 2 is 2.07 bits per heavy atom. The summed E-state index contributed by atoms with van der Waals surface area (Å²) < 4.78 is 29.7. The number of anilines is 1. The molecule has 2 N–H and O–H groups in total. The summed E-state index contributed by atoms with van der Waals surface area (Å²) >= 11 is 1.78. The van der Waals surface area contributed by atoms with Crippen molar-refractivity contribution in [3.8, 4) is 5.75 Å². The molecule has 5 nitrogen and oxygen atoms in total. The molecule has 0 bridgehead atoms. The molecular weight excluding hydrogens is 521 g/mol. The zero-order chi connectivity index (χ0) is 20.5. The zero-order valence-electron chi connectivity index (χ0n) is 17.0. The first-order valence-electron chi connectivity index (χ1n) is 9.97. The fourth-order valence-electron chi connectivity index (χ4n) is 3.27. The largest absolute Gasteiger partial charge is 0.488 e. The molecule has 2 aromatic rings. The summed E-state index contributed by atoms with van der Waals surface area (Å²) in [7, 11) is 0. The summed E-state index contributed by atoms with van der Waals surface area (Å²) in [4.78, 5) is 7.09. The first-order valence-corrected chi connectivity index (χ1v) is 10.8. The van der Waals surface area contributed by atoms with Crippen molar-refractivity contribution in [2.45, 2.75) is 38.8 Å². The number of aliphatic imine (C=N–C) groups is 1. The molecule has 0 unspecified atom stereocenters. The van der Waals surface area contributed by atoms with Gasteiger partial charge in [0.15, 0.2) is 5.96 Å². The summed E-state index contributed by atoms with van der Waals surface area (Å²) in [6.07, 6.45) is -0.370. The second-order valence-corrected chi connectivity index (χ2v) is 7.83. The summed E-state index contributed by atoms with van der Waals surface area (Å²) in [6, 6.07) is 11.8. The van der Waals surface area contributed by atoms with E-state index in [1.807, 2.05) is 13.0 Å². The lowest BCUT2D eigenvalue weighted by Crippen LogP contribution is -2.48. The van der Waals surface area contributed by atoms with Gasteiger partial charge in [0.2, 0.25) is 0 Å². The Labute approximate surface area is 197 Å². The van der Waals surface area contributed by atoms with Gasteiger partial charge < -0.3 is 20.3 Å². The zero-order valence-corrected chi connectivity index (χ0v) is 20.2. The number of halogens is 3. The number of piperidine rings is 1. The Kier molecular flexibility index (Phi) is 10.6. The van der Waals surface area contributed by atoms with Gasteiger partial charge in [0.25, 0.3) is 6.43 Å². The Morgan fingerprint density at radius 1 is 1.27 bits per heavy atom. The smallest absolute Gasteiger partial charge is 0.272 e. The topological polar surface area (TPSA) is 48.9 Å². The molecule has 1 aliphatic rings. The Morgan fingerprint density at radius 3 is 2.73 bits per heavy atom.